The van der Waals surface area contributed by atoms with Crippen LogP contribution in [0.3, 0.4) is 0 Å². The van der Waals surface area contributed by atoms with Gasteiger partial charge in [-0.25, -0.2) is 0 Å². The van der Waals surface area contributed by atoms with E-state index in [9.17, 15) is 9.59 Å². The number of carbonyl (C=O) groups excluding carboxylic acids is 2. The van der Waals surface area contributed by atoms with Gasteiger partial charge in [-0.3, -0.25) is 9.59 Å². The maximum atomic E-state index is 11.6. The van der Waals surface area contributed by atoms with Gasteiger partial charge in [-0.15, -0.1) is 11.3 Å². The molecule has 1 heterocycles. The second-order valence-electron chi connectivity index (χ2n) is 3.01. The number of carbonyl (C=O) groups is 2. The van der Waals surface area contributed by atoms with E-state index in [-0.39, 0.29) is 12.2 Å². The molecule has 0 aliphatic rings. The maximum Gasteiger partial charge on any atom is 0.217 e. The van der Waals surface area contributed by atoms with Crippen LogP contribution in [-0.2, 0) is 14.3 Å². The van der Waals surface area contributed by atoms with Gasteiger partial charge in [0.2, 0.25) is 6.29 Å². The number of hydrogen-bond donors (Lipinski definition) is 0. The van der Waals surface area contributed by atoms with Crippen LogP contribution in [0.1, 0.15) is 16.8 Å². The molecule has 0 spiro atoms. The summed E-state index contributed by atoms with van der Waals surface area (Å²) in [6, 6.07) is 1.54. The monoisotopic (exact) mass is 262 g/mol. The third kappa shape index (κ3) is 3.38. The van der Waals surface area contributed by atoms with Gasteiger partial charge in [0.15, 0.2) is 11.6 Å². The van der Waals surface area contributed by atoms with Crippen molar-refractivity contribution < 1.29 is 19.1 Å². The predicted molar refractivity (Wildman–Crippen MR) is 61.1 cm³/mol. The normalized spacial score (nSPS) is 10.8. The van der Waals surface area contributed by atoms with Crippen LogP contribution < -0.4 is 0 Å². The summed E-state index contributed by atoms with van der Waals surface area (Å²) in [6.07, 6.45) is -1.24. The van der Waals surface area contributed by atoms with Crippen LogP contribution >= 0.6 is 22.9 Å². The molecule has 0 bridgehead atoms. The highest BCUT2D eigenvalue weighted by atomic mass is 35.5. The van der Waals surface area contributed by atoms with Crippen molar-refractivity contribution in [1.82, 2.24) is 0 Å². The average Bonchev–Trinajstić information content (AvgIpc) is 2.66. The standard InChI is InChI=1S/C10H11ClO4S/c1-14-10(15-2)8(13)4-7(12)6-3-9(11)16-5-6/h3,5,10H,4H2,1-2H3. The summed E-state index contributed by atoms with van der Waals surface area (Å²) < 4.78 is 10.0. The Kier molecular flexibility index (Phi) is 5.08. The Labute approximate surface area is 102 Å². The minimum absolute atomic E-state index is 0.251. The lowest BCUT2D eigenvalue weighted by Crippen LogP contribution is -2.26. The first kappa shape index (κ1) is 13.3. The molecule has 88 valence electrons. The lowest BCUT2D eigenvalue weighted by atomic mass is 10.1. The molecule has 0 N–H and O–H groups in total. The minimum Gasteiger partial charge on any atom is -0.349 e. The molecule has 0 aliphatic carbocycles. The Morgan fingerprint density at radius 1 is 1.44 bits per heavy atom. The van der Waals surface area contributed by atoms with Gasteiger partial charge in [0.05, 0.1) is 10.8 Å². The number of ketones is 2. The summed E-state index contributed by atoms with van der Waals surface area (Å²) in [4.78, 5) is 23.1. The highest BCUT2D eigenvalue weighted by Crippen LogP contribution is 2.21. The van der Waals surface area contributed by atoms with Gasteiger partial charge in [-0.2, -0.15) is 0 Å². The maximum absolute atomic E-state index is 11.6. The molecule has 0 aromatic carbocycles. The van der Waals surface area contributed by atoms with E-state index in [1.807, 2.05) is 0 Å². The molecular formula is C10H11ClO4S. The molecule has 16 heavy (non-hydrogen) atoms. The van der Waals surface area contributed by atoms with Crippen molar-refractivity contribution in [2.24, 2.45) is 0 Å². The van der Waals surface area contributed by atoms with E-state index >= 15 is 0 Å². The van der Waals surface area contributed by atoms with Crippen LogP contribution in [0, 0.1) is 0 Å². The quantitative estimate of drug-likeness (QED) is 0.448. The highest BCUT2D eigenvalue weighted by molar-refractivity contribution is 7.14. The Morgan fingerprint density at radius 3 is 2.50 bits per heavy atom. The molecular weight excluding hydrogens is 252 g/mol. The lowest BCUT2D eigenvalue weighted by molar-refractivity contribution is -0.155. The lowest BCUT2D eigenvalue weighted by Gasteiger charge is -2.10. The van der Waals surface area contributed by atoms with Gasteiger partial charge in [-0.05, 0) is 6.07 Å². The van der Waals surface area contributed by atoms with Gasteiger partial charge in [0.25, 0.3) is 0 Å². The second-order valence-corrected chi connectivity index (χ2v) is 4.55. The van der Waals surface area contributed by atoms with E-state index in [0.717, 1.165) is 0 Å². The highest BCUT2D eigenvalue weighted by Gasteiger charge is 2.21. The van der Waals surface area contributed by atoms with Crippen molar-refractivity contribution in [3.63, 3.8) is 0 Å². The average molecular weight is 263 g/mol. The van der Waals surface area contributed by atoms with Crippen molar-refractivity contribution in [2.75, 3.05) is 14.2 Å². The summed E-state index contributed by atoms with van der Waals surface area (Å²) in [5.41, 5.74) is 0.439. The van der Waals surface area contributed by atoms with E-state index in [2.05, 4.69) is 0 Å². The Hall–Kier alpha value is -0.750. The fourth-order valence-electron chi connectivity index (χ4n) is 1.16. The predicted octanol–water partition coefficient (Wildman–Crippen LogP) is 2.16. The summed E-state index contributed by atoms with van der Waals surface area (Å²) in [7, 11) is 2.69. The Bertz CT molecular complexity index is 384. The van der Waals surface area contributed by atoms with Gasteiger partial charge in [-0.1, -0.05) is 11.6 Å². The molecule has 0 amide bonds. The van der Waals surface area contributed by atoms with Crippen molar-refractivity contribution >= 4 is 34.5 Å². The molecule has 0 aliphatic heterocycles. The van der Waals surface area contributed by atoms with Gasteiger partial charge < -0.3 is 9.47 Å². The largest absolute Gasteiger partial charge is 0.349 e. The summed E-state index contributed by atoms with van der Waals surface area (Å²) in [6.45, 7) is 0. The Morgan fingerprint density at radius 2 is 2.06 bits per heavy atom. The van der Waals surface area contributed by atoms with Crippen LogP contribution in [0.25, 0.3) is 0 Å². The number of halogens is 1. The van der Waals surface area contributed by atoms with E-state index in [1.54, 1.807) is 5.38 Å². The Balaban J connectivity index is 2.61. The fraction of sp³-hybridized carbons (Fsp3) is 0.400. The van der Waals surface area contributed by atoms with Crippen molar-refractivity contribution in [2.45, 2.75) is 12.7 Å². The summed E-state index contributed by atoms with van der Waals surface area (Å²) in [5.74, 6) is -0.690. The number of Topliss-reactive ketones (excluding diaryl/α,β-unsaturated/α-hetero) is 2. The van der Waals surface area contributed by atoms with Gasteiger partial charge in [0.1, 0.15) is 0 Å². The minimum atomic E-state index is -0.988. The van der Waals surface area contributed by atoms with Crippen LogP contribution in [0.15, 0.2) is 11.4 Å². The van der Waals surface area contributed by atoms with Crippen LogP contribution in [0.5, 0.6) is 0 Å². The van der Waals surface area contributed by atoms with Crippen molar-refractivity contribution in [3.05, 3.63) is 21.3 Å². The molecule has 0 radical (unpaired) electrons. The number of thiophene rings is 1. The molecule has 4 nitrogen and oxygen atoms in total. The molecule has 1 rings (SSSR count). The topological polar surface area (TPSA) is 52.6 Å². The number of hydrogen-bond acceptors (Lipinski definition) is 5. The third-order valence-electron chi connectivity index (χ3n) is 1.92. The fourth-order valence-corrected chi connectivity index (χ4v) is 2.04. The zero-order chi connectivity index (χ0) is 12.1. The van der Waals surface area contributed by atoms with Gasteiger partial charge >= 0.3 is 0 Å². The van der Waals surface area contributed by atoms with E-state index in [1.165, 1.54) is 31.6 Å². The van der Waals surface area contributed by atoms with E-state index < -0.39 is 12.1 Å². The summed E-state index contributed by atoms with van der Waals surface area (Å²) >= 11 is 6.94. The molecule has 0 fully saturated rings. The number of ether oxygens (including phenoxy) is 2. The smallest absolute Gasteiger partial charge is 0.217 e. The van der Waals surface area contributed by atoms with Crippen LogP contribution in [0.2, 0.25) is 4.34 Å². The number of rotatable bonds is 6. The molecule has 6 heteroatoms. The first-order valence-corrected chi connectivity index (χ1v) is 5.69. The first-order chi connectivity index (χ1) is 7.58. The zero-order valence-corrected chi connectivity index (χ0v) is 10.4. The third-order valence-corrected chi connectivity index (χ3v) is 3.01. The molecule has 1 aromatic rings. The van der Waals surface area contributed by atoms with E-state index in [0.29, 0.717) is 9.90 Å². The summed E-state index contributed by atoms with van der Waals surface area (Å²) in [5, 5.41) is 1.62. The molecule has 1 aromatic heterocycles. The van der Waals surface area contributed by atoms with Gasteiger partial charge in [0, 0.05) is 25.2 Å². The molecule has 0 saturated heterocycles. The number of methoxy groups -OCH3 is 2. The first-order valence-electron chi connectivity index (χ1n) is 4.44. The molecule has 0 saturated carbocycles. The molecule has 0 atom stereocenters. The van der Waals surface area contributed by atoms with Crippen LogP contribution in [-0.4, -0.2) is 32.1 Å². The van der Waals surface area contributed by atoms with Crippen molar-refractivity contribution in [3.8, 4) is 0 Å². The molecule has 0 unspecified atom stereocenters. The van der Waals surface area contributed by atoms with Crippen molar-refractivity contribution in [1.29, 1.82) is 0 Å². The van der Waals surface area contributed by atoms with Crippen LogP contribution in [0.4, 0.5) is 0 Å². The second kappa shape index (κ2) is 6.10. The SMILES string of the molecule is COC(OC)C(=O)CC(=O)c1csc(Cl)c1. The zero-order valence-electron chi connectivity index (χ0n) is 8.86. The van der Waals surface area contributed by atoms with E-state index in [4.69, 9.17) is 21.1 Å².